The van der Waals surface area contributed by atoms with Gasteiger partial charge in [0, 0.05) is 25.0 Å². The molecule has 6 heteroatoms. The molecule has 2 aliphatic heterocycles. The van der Waals surface area contributed by atoms with Crippen LogP contribution in [-0.2, 0) is 16.1 Å². The number of thioether (sulfide) groups is 2. The number of pyridine rings is 1. The smallest absolute Gasteiger partial charge is 0.232 e. The third kappa shape index (κ3) is 3.55. The molecule has 0 bridgehead atoms. The van der Waals surface area contributed by atoms with E-state index in [1.165, 1.54) is 0 Å². The van der Waals surface area contributed by atoms with Gasteiger partial charge < -0.3 is 9.64 Å². The fraction of sp³-hybridized carbons (Fsp3) is 0.600. The topological polar surface area (TPSA) is 42.4 Å². The van der Waals surface area contributed by atoms with Gasteiger partial charge >= 0.3 is 0 Å². The van der Waals surface area contributed by atoms with Gasteiger partial charge in [0.25, 0.3) is 0 Å². The Morgan fingerprint density at radius 2 is 2.43 bits per heavy atom. The van der Waals surface area contributed by atoms with Crippen LogP contribution < -0.4 is 0 Å². The highest BCUT2D eigenvalue weighted by molar-refractivity contribution is 8.01. The molecule has 1 aromatic rings. The highest BCUT2D eigenvalue weighted by Gasteiger charge is 2.50. The first-order chi connectivity index (χ1) is 10.2. The summed E-state index contributed by atoms with van der Waals surface area (Å²) in [6.07, 6.45) is 5.10. The summed E-state index contributed by atoms with van der Waals surface area (Å²) >= 11 is 3.56. The summed E-state index contributed by atoms with van der Waals surface area (Å²) in [5, 5.41) is 0. The Labute approximate surface area is 134 Å². The number of ether oxygens (including phenoxy) is 1. The van der Waals surface area contributed by atoms with E-state index in [1.54, 1.807) is 18.0 Å². The average molecular weight is 324 g/mol. The molecule has 2 fully saturated rings. The number of hydrogen-bond acceptors (Lipinski definition) is 5. The van der Waals surface area contributed by atoms with Gasteiger partial charge in [0.05, 0.1) is 28.9 Å². The summed E-state index contributed by atoms with van der Waals surface area (Å²) in [6.45, 7) is 2.36. The zero-order valence-electron chi connectivity index (χ0n) is 12.2. The Kier molecular flexibility index (Phi) is 4.76. The predicted octanol–water partition coefficient (Wildman–Crippen LogP) is 2.05. The fourth-order valence-corrected chi connectivity index (χ4v) is 4.84. The second-order valence-corrected chi connectivity index (χ2v) is 7.99. The second-order valence-electron chi connectivity index (χ2n) is 5.64. The maximum Gasteiger partial charge on any atom is 0.232 e. The van der Waals surface area contributed by atoms with E-state index >= 15 is 0 Å². The zero-order chi connectivity index (χ0) is 14.7. The van der Waals surface area contributed by atoms with Crippen molar-refractivity contribution in [2.45, 2.75) is 23.9 Å². The molecule has 0 N–H and O–H groups in total. The predicted molar refractivity (Wildman–Crippen MR) is 87.6 cm³/mol. The van der Waals surface area contributed by atoms with Crippen LogP contribution in [0.25, 0.3) is 0 Å². The lowest BCUT2D eigenvalue weighted by Gasteiger charge is -2.47. The minimum absolute atomic E-state index is 0.253. The number of likely N-dealkylation sites (tertiary alicyclic amines) is 1. The number of rotatable bonds is 5. The number of carbonyl (C=O) groups excluding carboxylic acids is 1. The highest BCUT2D eigenvalue weighted by Crippen LogP contribution is 2.46. The van der Waals surface area contributed by atoms with Crippen LogP contribution in [0.3, 0.4) is 0 Å². The molecule has 0 aromatic carbocycles. The molecule has 0 aliphatic carbocycles. The first kappa shape index (κ1) is 15.2. The van der Waals surface area contributed by atoms with E-state index < -0.39 is 0 Å². The molecular formula is C15H20N2O2S2. The minimum atomic E-state index is 0.253. The van der Waals surface area contributed by atoms with E-state index in [1.807, 2.05) is 41.1 Å². The number of nitrogens with zero attached hydrogens (tertiary/aromatic N) is 2. The average Bonchev–Trinajstić information content (AvgIpc) is 2.89. The van der Waals surface area contributed by atoms with E-state index in [4.69, 9.17) is 4.74 Å². The number of hydrogen-bond donors (Lipinski definition) is 0. The lowest BCUT2D eigenvalue weighted by Crippen LogP contribution is -2.61. The van der Waals surface area contributed by atoms with Crippen molar-refractivity contribution in [3.8, 4) is 0 Å². The summed E-state index contributed by atoms with van der Waals surface area (Å²) in [7, 11) is 0. The van der Waals surface area contributed by atoms with Crippen LogP contribution in [0.5, 0.6) is 0 Å². The van der Waals surface area contributed by atoms with Crippen molar-refractivity contribution in [3.05, 3.63) is 30.1 Å². The Morgan fingerprint density at radius 3 is 3.14 bits per heavy atom. The first-order valence-electron chi connectivity index (χ1n) is 7.13. The van der Waals surface area contributed by atoms with Gasteiger partial charge in [-0.25, -0.2) is 0 Å². The Morgan fingerprint density at radius 1 is 1.57 bits per heavy atom. The van der Waals surface area contributed by atoms with Crippen LogP contribution in [0.15, 0.2) is 24.4 Å². The van der Waals surface area contributed by atoms with Crippen molar-refractivity contribution in [2.24, 2.45) is 0 Å². The maximum absolute atomic E-state index is 11.8. The molecule has 114 valence electrons. The van der Waals surface area contributed by atoms with E-state index in [2.05, 4.69) is 4.98 Å². The molecule has 1 aromatic heterocycles. The summed E-state index contributed by atoms with van der Waals surface area (Å²) < 4.78 is 6.23. The van der Waals surface area contributed by atoms with Crippen LogP contribution in [0.1, 0.15) is 12.1 Å². The van der Waals surface area contributed by atoms with Crippen molar-refractivity contribution in [2.75, 3.05) is 30.9 Å². The van der Waals surface area contributed by atoms with E-state index in [0.29, 0.717) is 12.4 Å². The van der Waals surface area contributed by atoms with Gasteiger partial charge in [0.15, 0.2) is 0 Å². The molecule has 0 radical (unpaired) electrons. The zero-order valence-corrected chi connectivity index (χ0v) is 13.8. The standard InChI is InChI=1S/C15H20N2O2S2/c1-20-9-14(18)17-10-15(11-17)6-13(8-21-15)19-7-12-4-2-3-5-16-12/h2-5,13H,6-11H2,1H3. The Balaban J connectivity index is 1.43. The van der Waals surface area contributed by atoms with E-state index in [-0.39, 0.29) is 16.8 Å². The molecule has 2 aliphatic rings. The largest absolute Gasteiger partial charge is 0.371 e. The number of carbonyl (C=O) groups is 1. The van der Waals surface area contributed by atoms with Crippen LogP contribution in [-0.4, -0.2) is 57.5 Å². The van der Waals surface area contributed by atoms with Gasteiger partial charge in [0.2, 0.25) is 5.91 Å². The van der Waals surface area contributed by atoms with Gasteiger partial charge in [-0.05, 0) is 24.8 Å². The van der Waals surface area contributed by atoms with Crippen molar-refractivity contribution in [3.63, 3.8) is 0 Å². The summed E-state index contributed by atoms with van der Waals surface area (Å²) in [6, 6.07) is 5.89. The molecule has 1 atom stereocenters. The second kappa shape index (κ2) is 6.58. The van der Waals surface area contributed by atoms with Crippen LogP contribution in [0.2, 0.25) is 0 Å². The van der Waals surface area contributed by atoms with Crippen molar-refractivity contribution >= 4 is 29.4 Å². The van der Waals surface area contributed by atoms with Gasteiger partial charge in [0.1, 0.15) is 0 Å². The SMILES string of the molecule is CSCC(=O)N1CC2(CC(OCc3ccccn3)CS2)C1. The lowest BCUT2D eigenvalue weighted by molar-refractivity contribution is -0.133. The summed E-state index contributed by atoms with van der Waals surface area (Å²) in [5.41, 5.74) is 0.980. The van der Waals surface area contributed by atoms with E-state index in [0.717, 1.165) is 31.0 Å². The molecule has 2 saturated heterocycles. The summed E-state index contributed by atoms with van der Waals surface area (Å²) in [4.78, 5) is 18.1. The van der Waals surface area contributed by atoms with Crippen molar-refractivity contribution in [1.29, 1.82) is 0 Å². The lowest BCUT2D eigenvalue weighted by atomic mass is 9.93. The summed E-state index contributed by atoms with van der Waals surface area (Å²) in [5.74, 6) is 1.89. The third-order valence-corrected chi connectivity index (χ3v) is 6.06. The van der Waals surface area contributed by atoms with Gasteiger partial charge in [-0.1, -0.05) is 6.07 Å². The quantitative estimate of drug-likeness (QED) is 0.829. The molecule has 1 unspecified atom stereocenters. The van der Waals surface area contributed by atoms with E-state index in [9.17, 15) is 4.79 Å². The normalized spacial score (nSPS) is 23.3. The Bertz CT molecular complexity index is 492. The first-order valence-corrected chi connectivity index (χ1v) is 9.51. The molecular weight excluding hydrogens is 304 g/mol. The molecule has 4 nitrogen and oxygen atoms in total. The van der Waals surface area contributed by atoms with Crippen molar-refractivity contribution in [1.82, 2.24) is 9.88 Å². The number of amides is 1. The molecule has 3 heterocycles. The molecule has 1 spiro atoms. The van der Waals surface area contributed by atoms with Crippen LogP contribution in [0.4, 0.5) is 0 Å². The van der Waals surface area contributed by atoms with Crippen LogP contribution in [0, 0.1) is 0 Å². The monoisotopic (exact) mass is 324 g/mol. The van der Waals surface area contributed by atoms with Gasteiger partial charge in [-0.2, -0.15) is 11.8 Å². The number of aromatic nitrogens is 1. The fourth-order valence-electron chi connectivity index (χ4n) is 2.86. The molecule has 1 amide bonds. The Hall–Kier alpha value is -0.720. The highest BCUT2D eigenvalue weighted by atomic mass is 32.2. The van der Waals surface area contributed by atoms with Crippen molar-refractivity contribution < 1.29 is 9.53 Å². The molecule has 21 heavy (non-hydrogen) atoms. The van der Waals surface area contributed by atoms with Gasteiger partial charge in [-0.15, -0.1) is 11.8 Å². The third-order valence-electron chi connectivity index (χ3n) is 3.95. The van der Waals surface area contributed by atoms with Crippen LogP contribution >= 0.6 is 23.5 Å². The maximum atomic E-state index is 11.8. The van der Waals surface area contributed by atoms with Gasteiger partial charge in [-0.3, -0.25) is 9.78 Å². The molecule has 3 rings (SSSR count). The molecule has 0 saturated carbocycles. The minimum Gasteiger partial charge on any atom is -0.371 e.